The van der Waals surface area contributed by atoms with Crippen LogP contribution < -0.4 is 27.2 Å². The summed E-state index contributed by atoms with van der Waals surface area (Å²) >= 11 is 4.72. The molecule has 0 fully saturated rings. The molecule has 5 aromatic rings. The van der Waals surface area contributed by atoms with Gasteiger partial charge in [-0.1, -0.05) is 41.1 Å². The van der Waals surface area contributed by atoms with Crippen molar-refractivity contribution in [3.05, 3.63) is 111 Å². The predicted octanol–water partition coefficient (Wildman–Crippen LogP) is 2.90. The first-order chi connectivity index (χ1) is 23.9. The molecule has 2 N–H and O–H groups in total. The molecule has 0 bridgehead atoms. The minimum absolute atomic E-state index is 0. The molecule has 0 saturated carbocycles. The largest absolute Gasteiger partial charge is 1.00 e. The summed E-state index contributed by atoms with van der Waals surface area (Å²) in [5.41, 5.74) is -0.227. The Morgan fingerprint density at radius 1 is 1.17 bits per heavy atom. The highest BCUT2D eigenvalue weighted by Crippen LogP contribution is 2.41. The maximum atomic E-state index is 15.3. The van der Waals surface area contributed by atoms with Gasteiger partial charge in [-0.25, -0.2) is 23.5 Å². The van der Waals surface area contributed by atoms with E-state index in [0.29, 0.717) is 16.3 Å². The molecule has 1 unspecified atom stereocenters. The standard InChI is InChI=1S/C34H35BrF2N7O5S.2ClH/c1-21(32-41-29(17-50-32)23-7-9-25(35)10-8-23)34(47,27-14-26(36)11-12-28(27)37)18-44-20-43(19-40-44)22(2)49-33(46)42(4)31-24(6-5-13-39-31)16-48-30(45)15-38-3;;/h5-14,17,19-22,38,47H,15-16,18H2,1-4H3;2*1H/q+1;;/p-1/t21-,22?,34+;;/m0../s1. The van der Waals surface area contributed by atoms with Crippen LogP contribution in [0.25, 0.3) is 11.3 Å². The van der Waals surface area contributed by atoms with Crippen molar-refractivity contribution in [1.82, 2.24) is 25.1 Å². The van der Waals surface area contributed by atoms with Crippen molar-refractivity contribution in [1.29, 1.82) is 0 Å². The van der Waals surface area contributed by atoms with Crippen LogP contribution in [0.15, 0.2) is 83.3 Å². The third-order valence-corrected chi connectivity index (χ3v) is 9.56. The fourth-order valence-electron chi connectivity index (χ4n) is 5.16. The molecule has 3 heterocycles. The molecule has 0 aliphatic heterocycles. The molecule has 52 heavy (non-hydrogen) atoms. The number of ether oxygens (including phenoxy) is 2. The topological polar surface area (TPSA) is 136 Å². The molecule has 18 heteroatoms. The van der Waals surface area contributed by atoms with E-state index in [1.165, 1.54) is 51.4 Å². The maximum absolute atomic E-state index is 15.3. The molecule has 0 aliphatic rings. The quantitative estimate of drug-likeness (QED) is 0.136. The minimum Gasteiger partial charge on any atom is -1.00 e. The Kier molecular flexibility index (Phi) is 15.2. The van der Waals surface area contributed by atoms with E-state index in [4.69, 9.17) is 14.5 Å². The number of anilines is 1. The second-order valence-electron chi connectivity index (χ2n) is 11.5. The molecule has 0 aliphatic carbocycles. The summed E-state index contributed by atoms with van der Waals surface area (Å²) in [6.07, 6.45) is 2.72. The number of carbonyl (C=O) groups is 2. The number of esters is 1. The number of likely N-dealkylation sites (N-methyl/N-ethyl adjacent to an activating group) is 1. The van der Waals surface area contributed by atoms with Crippen LogP contribution in [0, 0.1) is 11.6 Å². The van der Waals surface area contributed by atoms with Gasteiger partial charge in [0.25, 0.3) is 6.33 Å². The van der Waals surface area contributed by atoms with Gasteiger partial charge in [0.05, 0.1) is 17.2 Å². The van der Waals surface area contributed by atoms with E-state index >= 15 is 4.39 Å². The normalized spacial score (nSPS) is 13.2. The van der Waals surface area contributed by atoms with Crippen LogP contribution in [-0.2, 0) is 33.0 Å². The summed E-state index contributed by atoms with van der Waals surface area (Å²) in [5.74, 6) is -2.53. The van der Waals surface area contributed by atoms with E-state index in [1.54, 1.807) is 33.0 Å². The molecule has 0 saturated heterocycles. The molecule has 12 nitrogen and oxygen atoms in total. The first-order valence-corrected chi connectivity index (χ1v) is 17.1. The number of pyridine rings is 1. The Morgan fingerprint density at radius 3 is 2.62 bits per heavy atom. The van der Waals surface area contributed by atoms with Crippen LogP contribution in [0.3, 0.4) is 0 Å². The lowest BCUT2D eigenvalue weighted by atomic mass is 9.82. The Morgan fingerprint density at radius 2 is 1.90 bits per heavy atom. The third-order valence-electron chi connectivity index (χ3n) is 8.01. The molecular weight excluding hydrogens is 807 g/mol. The van der Waals surface area contributed by atoms with Crippen molar-refractivity contribution in [3.63, 3.8) is 0 Å². The van der Waals surface area contributed by atoms with Crippen LogP contribution in [0.2, 0.25) is 0 Å². The van der Waals surface area contributed by atoms with Gasteiger partial charge < -0.3 is 32.3 Å². The summed E-state index contributed by atoms with van der Waals surface area (Å²) in [6, 6.07) is 13.8. The van der Waals surface area contributed by atoms with Crippen molar-refractivity contribution in [2.24, 2.45) is 0 Å². The van der Waals surface area contributed by atoms with Crippen molar-refractivity contribution in [2.75, 3.05) is 25.5 Å². The van der Waals surface area contributed by atoms with Crippen molar-refractivity contribution in [2.45, 2.75) is 44.7 Å². The van der Waals surface area contributed by atoms with Crippen molar-refractivity contribution < 1.29 is 49.9 Å². The maximum Gasteiger partial charge on any atom is 0.418 e. The lowest BCUT2D eigenvalue weighted by Crippen LogP contribution is -3.00. The summed E-state index contributed by atoms with van der Waals surface area (Å²) in [4.78, 5) is 35.2. The van der Waals surface area contributed by atoms with Gasteiger partial charge in [0.1, 0.15) is 36.2 Å². The van der Waals surface area contributed by atoms with Gasteiger partial charge in [0.2, 0.25) is 12.6 Å². The predicted molar refractivity (Wildman–Crippen MR) is 191 cm³/mol. The van der Waals surface area contributed by atoms with Crippen molar-refractivity contribution in [3.8, 4) is 11.3 Å². The number of thiazole rings is 1. The van der Waals surface area contributed by atoms with E-state index < -0.39 is 41.4 Å². The number of rotatable bonds is 13. The number of aliphatic hydroxyl groups is 1. The molecule has 1 amide bonds. The summed E-state index contributed by atoms with van der Waals surface area (Å²) in [5, 5.41) is 21.6. The van der Waals surface area contributed by atoms with Gasteiger partial charge in [-0.15, -0.1) is 28.4 Å². The van der Waals surface area contributed by atoms with Crippen molar-refractivity contribution >= 4 is 57.6 Å². The molecule has 2 aromatic carbocycles. The Hall–Kier alpha value is -4.06. The van der Waals surface area contributed by atoms with E-state index in [0.717, 1.165) is 28.2 Å². The average molecular weight is 844 g/mol. The molecule has 3 atom stereocenters. The van der Waals surface area contributed by atoms with E-state index in [-0.39, 0.29) is 55.9 Å². The Labute approximate surface area is 323 Å². The number of aromatic nitrogens is 5. The lowest BCUT2D eigenvalue weighted by molar-refractivity contribution is -0.753. The first-order valence-electron chi connectivity index (χ1n) is 15.4. The number of halogens is 5. The number of amides is 1. The van der Waals surface area contributed by atoms with E-state index in [9.17, 15) is 19.1 Å². The number of hydrogen-bond donors (Lipinski definition) is 2. The molecule has 3 aromatic heterocycles. The zero-order valence-corrected chi connectivity index (χ0v) is 32.3. The number of nitrogens with zero attached hydrogens (tertiary/aromatic N) is 6. The highest BCUT2D eigenvalue weighted by Gasteiger charge is 2.43. The van der Waals surface area contributed by atoms with Crippen LogP contribution in [0.4, 0.5) is 19.4 Å². The summed E-state index contributed by atoms with van der Waals surface area (Å²) in [6.45, 7) is 2.94. The molecule has 5 rings (SSSR count). The second kappa shape index (κ2) is 18.6. The van der Waals surface area contributed by atoms with Gasteiger partial charge >= 0.3 is 12.1 Å². The third kappa shape index (κ3) is 9.87. The number of nitrogens with one attached hydrogen (secondary N) is 1. The zero-order chi connectivity index (χ0) is 36.0. The van der Waals surface area contributed by atoms with Gasteiger partial charge in [0.15, 0.2) is 0 Å². The molecule has 278 valence electrons. The lowest BCUT2D eigenvalue weighted by Gasteiger charge is -2.32. The molecule has 0 spiro atoms. The van der Waals surface area contributed by atoms with E-state index in [1.807, 2.05) is 29.6 Å². The zero-order valence-electron chi connectivity index (χ0n) is 28.4. The monoisotopic (exact) mass is 841 g/mol. The number of benzene rings is 2. The van der Waals surface area contributed by atoms with Gasteiger partial charge in [0, 0.05) is 57.7 Å². The number of hydrogen-bond acceptors (Lipinski definition) is 10. The Bertz CT molecular complexity index is 1970. The van der Waals surface area contributed by atoms with Gasteiger partial charge in [-0.05, 0) is 43.4 Å². The summed E-state index contributed by atoms with van der Waals surface area (Å²) < 4.78 is 44.5. The highest BCUT2D eigenvalue weighted by molar-refractivity contribution is 9.10. The van der Waals surface area contributed by atoms with Gasteiger partial charge in [-0.3, -0.25) is 9.69 Å². The molecular formula is C34H36BrCl2F2N7O5S. The highest BCUT2D eigenvalue weighted by atomic mass is 79.9. The average Bonchev–Trinajstić information content (AvgIpc) is 3.79. The van der Waals surface area contributed by atoms with Gasteiger partial charge in [-0.2, -0.15) is 4.57 Å². The summed E-state index contributed by atoms with van der Waals surface area (Å²) in [7, 11) is 3.10. The SMILES string of the molecule is CNCC(=O)OCc1cccnc1N(C)C(=O)OC(C)[n+]1cnn(C[C@](O)(c2cc(F)ccc2F)[C@@H](C)c2nc(-c3ccc(Br)cc3)cs2)c1.Cl.[Cl-]. The first kappa shape index (κ1) is 42.4. The minimum atomic E-state index is -2.00. The second-order valence-corrected chi connectivity index (χ2v) is 13.3. The fourth-order valence-corrected chi connectivity index (χ4v) is 6.39. The number of carbonyl (C=O) groups excluding carboxylic acids is 2. The van der Waals surface area contributed by atoms with E-state index in [2.05, 4.69) is 31.3 Å². The fraction of sp³-hybridized carbons (Fsp3) is 0.294. The smallest absolute Gasteiger partial charge is 0.418 e. The van der Waals surface area contributed by atoms with Crippen LogP contribution in [-0.4, -0.2) is 57.6 Å². The van der Waals surface area contributed by atoms with Crippen LogP contribution in [0.5, 0.6) is 0 Å². The Balaban J connectivity index is 0.00000364. The molecule has 0 radical (unpaired) electrons. The van der Waals surface area contributed by atoms with Crippen LogP contribution >= 0.6 is 39.7 Å². The van der Waals surface area contributed by atoms with Crippen LogP contribution in [0.1, 0.15) is 42.1 Å².